The minimum absolute atomic E-state index is 0.00288. The van der Waals surface area contributed by atoms with Crippen LogP contribution in [0.1, 0.15) is 0 Å². The predicted octanol–water partition coefficient (Wildman–Crippen LogP) is 0.539. The molecule has 0 aliphatic carbocycles. The summed E-state index contributed by atoms with van der Waals surface area (Å²) in [5.41, 5.74) is 0. The zero-order valence-electron chi connectivity index (χ0n) is 7.35. The van der Waals surface area contributed by atoms with Gasteiger partial charge in [-0.1, -0.05) is 0 Å². The highest BCUT2D eigenvalue weighted by Gasteiger charge is 2.59. The van der Waals surface area contributed by atoms with Crippen molar-refractivity contribution in [1.82, 2.24) is 4.90 Å². The van der Waals surface area contributed by atoms with Crippen LogP contribution in [0.3, 0.4) is 0 Å². The lowest BCUT2D eigenvalue weighted by Crippen LogP contribution is -2.59. The lowest BCUT2D eigenvalue weighted by atomic mass is 10.2. The Labute approximate surface area is 78.3 Å². The molecule has 1 aliphatic rings. The Bertz CT molecular complexity index is 194. The Hall–Kier alpha value is -0.400. The molecule has 0 saturated carbocycles. The van der Waals surface area contributed by atoms with Gasteiger partial charge in [0.25, 0.3) is 0 Å². The normalized spacial score (nSPS) is 21.2. The second-order valence-electron chi connectivity index (χ2n) is 3.00. The molecule has 1 aliphatic heterocycles. The lowest BCUT2D eigenvalue weighted by molar-refractivity contribution is -0.303. The van der Waals surface area contributed by atoms with E-state index in [1.54, 1.807) is 0 Å². The molecule has 1 fully saturated rings. The molecule has 0 unspecified atom stereocenters. The highest BCUT2D eigenvalue weighted by molar-refractivity contribution is 4.85. The number of aliphatic hydroxyl groups excluding tert-OH is 1. The fraction of sp³-hybridized carbons (Fsp3) is 1.00. The summed E-state index contributed by atoms with van der Waals surface area (Å²) in [5.74, 6) is -4.41. The van der Waals surface area contributed by atoms with Crippen molar-refractivity contribution in [3.05, 3.63) is 0 Å². The summed E-state index contributed by atoms with van der Waals surface area (Å²) in [5, 5.41) is 8.17. The van der Waals surface area contributed by atoms with Gasteiger partial charge in [0.2, 0.25) is 0 Å². The van der Waals surface area contributed by atoms with Crippen LogP contribution in [0, 0.1) is 0 Å². The molecule has 1 rings (SSSR count). The Balaban J connectivity index is 2.71. The average Bonchev–Trinajstić information content (AvgIpc) is 2.19. The SMILES string of the molecule is OCC(F)(F)C(F)(F)N1CCOCC1. The fourth-order valence-corrected chi connectivity index (χ4v) is 1.17. The van der Waals surface area contributed by atoms with Gasteiger partial charge in [0.1, 0.15) is 6.61 Å². The Morgan fingerprint density at radius 1 is 1.14 bits per heavy atom. The second kappa shape index (κ2) is 4.00. The molecule has 7 heteroatoms. The van der Waals surface area contributed by atoms with E-state index in [-0.39, 0.29) is 26.3 Å². The summed E-state index contributed by atoms with van der Waals surface area (Å²) in [6, 6.07) is -4.31. The number of rotatable bonds is 3. The van der Waals surface area contributed by atoms with Gasteiger partial charge in [-0.05, 0) is 0 Å². The van der Waals surface area contributed by atoms with E-state index in [9.17, 15) is 17.6 Å². The molecular weight excluding hydrogens is 206 g/mol. The monoisotopic (exact) mass is 217 g/mol. The zero-order chi connectivity index (χ0) is 10.8. The molecule has 84 valence electrons. The number of ether oxygens (including phenoxy) is 1. The number of hydrogen-bond donors (Lipinski definition) is 1. The summed E-state index contributed by atoms with van der Waals surface area (Å²) in [6.07, 6.45) is 0. The van der Waals surface area contributed by atoms with Crippen molar-refractivity contribution in [3.63, 3.8) is 0 Å². The van der Waals surface area contributed by atoms with Crippen molar-refractivity contribution in [1.29, 1.82) is 0 Å². The van der Waals surface area contributed by atoms with E-state index >= 15 is 0 Å². The smallest absolute Gasteiger partial charge is 0.370 e. The third-order valence-electron chi connectivity index (χ3n) is 2.05. The van der Waals surface area contributed by atoms with Crippen LogP contribution < -0.4 is 0 Å². The molecular formula is C7H11F4NO2. The van der Waals surface area contributed by atoms with Crippen molar-refractivity contribution in [2.24, 2.45) is 0 Å². The molecule has 0 aromatic carbocycles. The van der Waals surface area contributed by atoms with E-state index in [0.717, 1.165) is 0 Å². The minimum Gasteiger partial charge on any atom is -0.390 e. The summed E-state index contributed by atoms with van der Waals surface area (Å²) in [7, 11) is 0. The van der Waals surface area contributed by atoms with Crippen molar-refractivity contribution >= 4 is 0 Å². The van der Waals surface area contributed by atoms with Crippen LogP contribution in [0.25, 0.3) is 0 Å². The minimum atomic E-state index is -4.41. The number of halogens is 4. The van der Waals surface area contributed by atoms with Crippen LogP contribution in [-0.4, -0.2) is 54.9 Å². The van der Waals surface area contributed by atoms with Crippen molar-refractivity contribution < 1.29 is 27.4 Å². The van der Waals surface area contributed by atoms with Crippen LogP contribution in [0.2, 0.25) is 0 Å². The maximum atomic E-state index is 13.0. The number of alkyl halides is 4. The van der Waals surface area contributed by atoms with Crippen LogP contribution in [-0.2, 0) is 4.74 Å². The van der Waals surface area contributed by atoms with Crippen molar-refractivity contribution in [2.75, 3.05) is 32.9 Å². The van der Waals surface area contributed by atoms with E-state index in [4.69, 9.17) is 9.84 Å². The Morgan fingerprint density at radius 3 is 2.07 bits per heavy atom. The fourth-order valence-electron chi connectivity index (χ4n) is 1.17. The summed E-state index contributed by atoms with van der Waals surface area (Å²) >= 11 is 0. The highest BCUT2D eigenvalue weighted by atomic mass is 19.3. The largest absolute Gasteiger partial charge is 0.390 e. The molecule has 0 bridgehead atoms. The van der Waals surface area contributed by atoms with Crippen LogP contribution in [0.15, 0.2) is 0 Å². The molecule has 1 heterocycles. The summed E-state index contributed by atoms with van der Waals surface area (Å²) < 4.78 is 56.1. The lowest BCUT2D eigenvalue weighted by Gasteiger charge is -2.37. The van der Waals surface area contributed by atoms with Gasteiger partial charge in [0.15, 0.2) is 0 Å². The van der Waals surface area contributed by atoms with E-state index in [1.165, 1.54) is 0 Å². The van der Waals surface area contributed by atoms with Gasteiger partial charge >= 0.3 is 12.0 Å². The quantitative estimate of drug-likeness (QED) is 0.553. The van der Waals surface area contributed by atoms with Gasteiger partial charge in [-0.3, -0.25) is 0 Å². The molecule has 1 N–H and O–H groups in total. The van der Waals surface area contributed by atoms with Crippen LogP contribution >= 0.6 is 0 Å². The third-order valence-corrected chi connectivity index (χ3v) is 2.05. The molecule has 0 amide bonds. The van der Waals surface area contributed by atoms with E-state index in [2.05, 4.69) is 0 Å². The first-order valence-corrected chi connectivity index (χ1v) is 4.11. The van der Waals surface area contributed by atoms with E-state index in [0.29, 0.717) is 4.90 Å². The molecule has 1 saturated heterocycles. The second-order valence-corrected chi connectivity index (χ2v) is 3.00. The molecule has 14 heavy (non-hydrogen) atoms. The Kier molecular flexibility index (Phi) is 3.33. The molecule has 0 aromatic rings. The van der Waals surface area contributed by atoms with Gasteiger partial charge in [-0.15, -0.1) is 0 Å². The maximum absolute atomic E-state index is 13.0. The van der Waals surface area contributed by atoms with Gasteiger partial charge in [-0.2, -0.15) is 17.6 Å². The molecule has 0 spiro atoms. The zero-order valence-corrected chi connectivity index (χ0v) is 7.35. The van der Waals surface area contributed by atoms with E-state index < -0.39 is 18.6 Å². The number of aliphatic hydroxyl groups is 1. The first-order valence-electron chi connectivity index (χ1n) is 4.11. The van der Waals surface area contributed by atoms with Gasteiger partial charge < -0.3 is 9.84 Å². The van der Waals surface area contributed by atoms with Gasteiger partial charge in [0, 0.05) is 13.1 Å². The number of nitrogens with zero attached hydrogens (tertiary/aromatic N) is 1. The van der Waals surface area contributed by atoms with Crippen molar-refractivity contribution in [2.45, 2.75) is 12.0 Å². The average molecular weight is 217 g/mol. The summed E-state index contributed by atoms with van der Waals surface area (Å²) in [6.45, 7) is -2.39. The first kappa shape index (κ1) is 11.7. The molecule has 0 aromatic heterocycles. The number of morpholine rings is 1. The number of hydrogen-bond acceptors (Lipinski definition) is 3. The predicted molar refractivity (Wildman–Crippen MR) is 39.4 cm³/mol. The van der Waals surface area contributed by atoms with Gasteiger partial charge in [0.05, 0.1) is 13.2 Å². The van der Waals surface area contributed by atoms with Crippen LogP contribution in [0.4, 0.5) is 17.6 Å². The molecule has 3 nitrogen and oxygen atoms in total. The molecule has 0 atom stereocenters. The maximum Gasteiger partial charge on any atom is 0.370 e. The highest BCUT2D eigenvalue weighted by Crippen LogP contribution is 2.37. The molecule has 0 radical (unpaired) electrons. The topological polar surface area (TPSA) is 32.7 Å². The van der Waals surface area contributed by atoms with E-state index in [1.807, 2.05) is 0 Å². The third kappa shape index (κ3) is 1.99. The van der Waals surface area contributed by atoms with Crippen molar-refractivity contribution in [3.8, 4) is 0 Å². The standard InChI is InChI=1S/C7H11F4NO2/c8-6(9,5-13)7(10,11)12-1-3-14-4-2-12/h13H,1-5H2. The summed E-state index contributed by atoms with van der Waals surface area (Å²) in [4.78, 5) is 0.326. The Morgan fingerprint density at radius 2 is 1.64 bits per heavy atom. The van der Waals surface area contributed by atoms with Crippen LogP contribution in [0.5, 0.6) is 0 Å². The first-order chi connectivity index (χ1) is 6.42. The van der Waals surface area contributed by atoms with Gasteiger partial charge in [-0.25, -0.2) is 4.90 Å².